The molecule has 1 fully saturated rings. The SMILES string of the molecule is CN=C(NCCN1CCN(c2ccc(F)cc2)CC1)N(C)Cc1cn(C)nc1C(C)C. The predicted octanol–water partition coefficient (Wildman–Crippen LogP) is 2.51. The number of aryl methyl sites for hydroxylation is 1. The van der Waals surface area contributed by atoms with Crippen LogP contribution in [0.4, 0.5) is 10.1 Å². The van der Waals surface area contributed by atoms with Crippen LogP contribution in [0.1, 0.15) is 31.0 Å². The predicted molar refractivity (Wildman–Crippen MR) is 125 cm³/mol. The fourth-order valence-corrected chi connectivity index (χ4v) is 4.09. The van der Waals surface area contributed by atoms with E-state index in [2.05, 4.69) is 57.2 Å². The van der Waals surface area contributed by atoms with Gasteiger partial charge in [0.2, 0.25) is 0 Å². The van der Waals surface area contributed by atoms with E-state index in [0.29, 0.717) is 5.92 Å². The van der Waals surface area contributed by atoms with Gasteiger partial charge in [0.15, 0.2) is 5.96 Å². The summed E-state index contributed by atoms with van der Waals surface area (Å²) in [6, 6.07) is 6.78. The summed E-state index contributed by atoms with van der Waals surface area (Å²) in [7, 11) is 5.86. The van der Waals surface area contributed by atoms with Gasteiger partial charge in [-0.3, -0.25) is 14.6 Å². The third-order valence-corrected chi connectivity index (χ3v) is 5.74. The molecule has 1 saturated heterocycles. The fourth-order valence-electron chi connectivity index (χ4n) is 4.09. The molecule has 0 aliphatic carbocycles. The first-order chi connectivity index (χ1) is 14.9. The third kappa shape index (κ3) is 6.19. The Hall–Kier alpha value is -2.61. The van der Waals surface area contributed by atoms with E-state index in [1.54, 1.807) is 0 Å². The van der Waals surface area contributed by atoms with Crippen molar-refractivity contribution in [2.24, 2.45) is 12.0 Å². The molecule has 7 nitrogen and oxygen atoms in total. The molecule has 1 aliphatic heterocycles. The largest absolute Gasteiger partial charge is 0.369 e. The average Bonchev–Trinajstić information content (AvgIpc) is 3.12. The van der Waals surface area contributed by atoms with Gasteiger partial charge in [-0.1, -0.05) is 13.8 Å². The minimum absolute atomic E-state index is 0.184. The Bertz CT molecular complexity index is 851. The van der Waals surface area contributed by atoms with Crippen molar-refractivity contribution in [1.82, 2.24) is 24.9 Å². The molecule has 2 aromatic rings. The third-order valence-electron chi connectivity index (χ3n) is 5.74. The lowest BCUT2D eigenvalue weighted by atomic mass is 10.1. The van der Waals surface area contributed by atoms with Crippen molar-refractivity contribution in [3.05, 3.63) is 47.5 Å². The van der Waals surface area contributed by atoms with Crippen molar-refractivity contribution in [3.63, 3.8) is 0 Å². The summed E-state index contributed by atoms with van der Waals surface area (Å²) in [6.07, 6.45) is 2.10. The van der Waals surface area contributed by atoms with E-state index in [1.165, 1.54) is 17.7 Å². The summed E-state index contributed by atoms with van der Waals surface area (Å²) >= 11 is 0. The van der Waals surface area contributed by atoms with Crippen molar-refractivity contribution >= 4 is 11.6 Å². The molecule has 2 heterocycles. The van der Waals surface area contributed by atoms with Crippen molar-refractivity contribution in [2.45, 2.75) is 26.3 Å². The van der Waals surface area contributed by atoms with E-state index in [4.69, 9.17) is 0 Å². The van der Waals surface area contributed by atoms with Crippen LogP contribution in [-0.2, 0) is 13.6 Å². The number of nitrogens with one attached hydrogen (secondary N) is 1. The molecule has 170 valence electrons. The summed E-state index contributed by atoms with van der Waals surface area (Å²) in [5.74, 6) is 1.10. The Morgan fingerprint density at radius 3 is 2.48 bits per heavy atom. The maximum Gasteiger partial charge on any atom is 0.193 e. The number of nitrogens with zero attached hydrogens (tertiary/aromatic N) is 6. The molecule has 0 bridgehead atoms. The molecule has 0 atom stereocenters. The Kier molecular flexibility index (Phi) is 7.90. The van der Waals surface area contributed by atoms with Gasteiger partial charge in [-0.15, -0.1) is 0 Å². The lowest BCUT2D eigenvalue weighted by Gasteiger charge is -2.36. The Labute approximate surface area is 185 Å². The number of benzene rings is 1. The first-order valence-corrected chi connectivity index (χ1v) is 11.0. The highest BCUT2D eigenvalue weighted by atomic mass is 19.1. The van der Waals surface area contributed by atoms with Crippen molar-refractivity contribution < 1.29 is 4.39 Å². The molecule has 8 heteroatoms. The molecular weight excluding hydrogens is 393 g/mol. The molecule has 0 saturated carbocycles. The van der Waals surface area contributed by atoms with Crippen LogP contribution >= 0.6 is 0 Å². The molecule has 31 heavy (non-hydrogen) atoms. The fraction of sp³-hybridized carbons (Fsp3) is 0.565. The minimum Gasteiger partial charge on any atom is -0.369 e. The van der Waals surface area contributed by atoms with Gasteiger partial charge >= 0.3 is 0 Å². The number of piperazine rings is 1. The lowest BCUT2D eigenvalue weighted by Crippen LogP contribution is -2.49. The zero-order chi connectivity index (χ0) is 22.4. The number of rotatable bonds is 7. The van der Waals surface area contributed by atoms with Crippen LogP contribution in [0.2, 0.25) is 0 Å². The topological polar surface area (TPSA) is 51.9 Å². The van der Waals surface area contributed by atoms with Crippen LogP contribution < -0.4 is 10.2 Å². The van der Waals surface area contributed by atoms with Gasteiger partial charge in [0.1, 0.15) is 5.82 Å². The standard InChI is InChI=1S/C23H36FN7/c1-18(2)22-19(17-29(5)27-22)16-28(4)23(25-3)26-10-11-30-12-14-31(15-13-30)21-8-6-20(24)7-9-21/h6-9,17-18H,10-16H2,1-5H3,(H,25,26). The molecule has 0 unspecified atom stereocenters. The highest BCUT2D eigenvalue weighted by molar-refractivity contribution is 5.79. The van der Waals surface area contributed by atoms with Crippen LogP contribution in [0.3, 0.4) is 0 Å². The highest BCUT2D eigenvalue weighted by Gasteiger charge is 2.18. The molecular formula is C23H36FN7. The summed E-state index contributed by atoms with van der Waals surface area (Å²) in [5.41, 5.74) is 3.47. The number of guanidine groups is 1. The number of aliphatic imine (C=N–C) groups is 1. The molecule has 1 aliphatic rings. The van der Waals surface area contributed by atoms with E-state index in [-0.39, 0.29) is 5.82 Å². The van der Waals surface area contributed by atoms with Gasteiger partial charge in [0, 0.05) is 84.4 Å². The van der Waals surface area contributed by atoms with Gasteiger partial charge in [-0.05, 0) is 30.2 Å². The average molecular weight is 430 g/mol. The highest BCUT2D eigenvalue weighted by Crippen LogP contribution is 2.19. The molecule has 1 N–H and O–H groups in total. The van der Waals surface area contributed by atoms with E-state index < -0.39 is 0 Å². The lowest BCUT2D eigenvalue weighted by molar-refractivity contribution is 0.260. The van der Waals surface area contributed by atoms with Gasteiger partial charge < -0.3 is 15.1 Å². The smallest absolute Gasteiger partial charge is 0.193 e. The van der Waals surface area contributed by atoms with Crippen LogP contribution in [0.5, 0.6) is 0 Å². The normalized spacial score (nSPS) is 15.6. The van der Waals surface area contributed by atoms with E-state index >= 15 is 0 Å². The van der Waals surface area contributed by atoms with Gasteiger partial charge in [-0.2, -0.15) is 5.10 Å². The van der Waals surface area contributed by atoms with Crippen molar-refractivity contribution in [2.75, 3.05) is 58.3 Å². The maximum atomic E-state index is 13.1. The first-order valence-electron chi connectivity index (χ1n) is 11.0. The van der Waals surface area contributed by atoms with E-state index in [1.807, 2.05) is 30.9 Å². The van der Waals surface area contributed by atoms with Crippen LogP contribution in [0.25, 0.3) is 0 Å². The number of halogens is 1. The first kappa shape index (κ1) is 23.1. The molecule has 0 amide bonds. The maximum absolute atomic E-state index is 13.1. The number of anilines is 1. The zero-order valence-corrected chi connectivity index (χ0v) is 19.5. The van der Waals surface area contributed by atoms with Crippen LogP contribution in [0.15, 0.2) is 35.5 Å². The van der Waals surface area contributed by atoms with Crippen molar-refractivity contribution in [3.8, 4) is 0 Å². The second kappa shape index (κ2) is 10.6. The summed E-state index contributed by atoms with van der Waals surface area (Å²) < 4.78 is 15.0. The monoisotopic (exact) mass is 429 g/mol. The van der Waals surface area contributed by atoms with E-state index in [0.717, 1.165) is 63.2 Å². The molecule has 1 aromatic carbocycles. The van der Waals surface area contributed by atoms with Crippen LogP contribution in [0, 0.1) is 5.82 Å². The molecule has 3 rings (SSSR count). The van der Waals surface area contributed by atoms with E-state index in [9.17, 15) is 4.39 Å². The quantitative estimate of drug-likeness (QED) is 0.541. The number of aromatic nitrogens is 2. The summed E-state index contributed by atoms with van der Waals surface area (Å²) in [5, 5.41) is 8.10. The van der Waals surface area contributed by atoms with Crippen molar-refractivity contribution in [1.29, 1.82) is 0 Å². The minimum atomic E-state index is -0.184. The molecule has 0 radical (unpaired) electrons. The second-order valence-corrected chi connectivity index (χ2v) is 8.50. The number of hydrogen-bond donors (Lipinski definition) is 1. The number of hydrogen-bond acceptors (Lipinski definition) is 4. The zero-order valence-electron chi connectivity index (χ0n) is 19.5. The van der Waals surface area contributed by atoms with Gasteiger partial charge in [0.25, 0.3) is 0 Å². The Morgan fingerprint density at radius 2 is 1.87 bits per heavy atom. The molecule has 0 spiro atoms. The summed E-state index contributed by atoms with van der Waals surface area (Å²) in [4.78, 5) is 11.4. The molecule has 1 aromatic heterocycles. The second-order valence-electron chi connectivity index (χ2n) is 8.50. The summed E-state index contributed by atoms with van der Waals surface area (Å²) in [6.45, 7) is 10.9. The Morgan fingerprint density at radius 1 is 1.19 bits per heavy atom. The van der Waals surface area contributed by atoms with Gasteiger partial charge in [-0.25, -0.2) is 4.39 Å². The van der Waals surface area contributed by atoms with Gasteiger partial charge in [0.05, 0.1) is 5.69 Å². The van der Waals surface area contributed by atoms with Crippen LogP contribution in [-0.4, -0.2) is 78.9 Å². The Balaban J connectivity index is 1.43.